The number of carbonyl (C=O) groups is 1. The van der Waals surface area contributed by atoms with Gasteiger partial charge in [-0.2, -0.15) is 5.10 Å². The third kappa shape index (κ3) is 2.70. The summed E-state index contributed by atoms with van der Waals surface area (Å²) in [5.41, 5.74) is 2.43. The van der Waals surface area contributed by atoms with E-state index in [0.717, 1.165) is 33.9 Å². The molecule has 0 aromatic heterocycles. The molecule has 0 unspecified atom stereocenters. The van der Waals surface area contributed by atoms with Crippen LogP contribution in [0, 0.1) is 6.92 Å². The van der Waals surface area contributed by atoms with Crippen molar-refractivity contribution in [1.82, 2.24) is 0 Å². The number of hydrogen-bond acceptors (Lipinski definition) is 6. The minimum Gasteiger partial charge on any atom is -0.272 e. The fraction of sp³-hybridized carbons (Fsp3) is 0.273. The molecule has 1 aromatic carbocycles. The van der Waals surface area contributed by atoms with Crippen molar-refractivity contribution in [3.8, 4) is 0 Å². The largest absolute Gasteiger partial charge is 0.272 e. The van der Waals surface area contributed by atoms with E-state index in [1.54, 1.807) is 12.1 Å². The van der Waals surface area contributed by atoms with Crippen LogP contribution in [0.1, 0.15) is 18.9 Å². The summed E-state index contributed by atoms with van der Waals surface area (Å²) in [7, 11) is 0. The van der Waals surface area contributed by atoms with E-state index in [9.17, 15) is 4.79 Å². The molecule has 6 nitrogen and oxygen atoms in total. The van der Waals surface area contributed by atoms with Crippen LogP contribution in [0.25, 0.3) is 0 Å². The van der Waals surface area contributed by atoms with Crippen LogP contribution in [-0.4, -0.2) is 16.9 Å². The highest BCUT2D eigenvalue weighted by molar-refractivity contribution is 7.94. The van der Waals surface area contributed by atoms with Gasteiger partial charge in [-0.1, -0.05) is 5.04 Å². The number of rotatable bonds is 4. The van der Waals surface area contributed by atoms with Gasteiger partial charge in [-0.05, 0) is 37.6 Å². The van der Waals surface area contributed by atoms with E-state index < -0.39 is 0 Å². The average molecular weight is 268 g/mol. The zero-order valence-electron chi connectivity index (χ0n) is 9.91. The smallest absolute Gasteiger partial charge is 0.253 e. The molecule has 0 atom stereocenters. The van der Waals surface area contributed by atoms with Crippen molar-refractivity contribution < 1.29 is 19.4 Å². The maximum Gasteiger partial charge on any atom is 0.253 e. The number of carbonyl (C=O) groups excluding carboxylic acids is 1. The molecule has 0 saturated heterocycles. The lowest BCUT2D eigenvalue weighted by molar-refractivity contribution is -0.432. The van der Waals surface area contributed by atoms with Crippen LogP contribution in [0.15, 0.2) is 28.2 Å². The summed E-state index contributed by atoms with van der Waals surface area (Å²) in [5.74, 6) is -0.0362. The van der Waals surface area contributed by atoms with Crippen LogP contribution in [0.3, 0.4) is 0 Å². The van der Waals surface area contributed by atoms with Crippen LogP contribution >= 0.6 is 12.0 Å². The third-order valence-corrected chi connectivity index (χ3v) is 3.05. The van der Waals surface area contributed by atoms with E-state index in [0.29, 0.717) is 6.42 Å². The number of benzene rings is 1. The molecule has 2 rings (SSSR count). The molecule has 1 aliphatic rings. The zero-order valence-corrected chi connectivity index (χ0v) is 10.7. The molecule has 0 saturated carbocycles. The Morgan fingerprint density at radius 1 is 1.44 bits per heavy atom. The van der Waals surface area contributed by atoms with Crippen molar-refractivity contribution in [2.75, 3.05) is 5.01 Å². The van der Waals surface area contributed by atoms with Crippen LogP contribution in [0.4, 0.5) is 5.69 Å². The Bertz CT molecular complexity index is 504. The Morgan fingerprint density at radius 2 is 2.22 bits per heavy atom. The fourth-order valence-electron chi connectivity index (χ4n) is 1.72. The van der Waals surface area contributed by atoms with Crippen molar-refractivity contribution in [3.63, 3.8) is 0 Å². The van der Waals surface area contributed by atoms with Crippen molar-refractivity contribution in [2.45, 2.75) is 25.2 Å². The molecule has 0 spiro atoms. The molecular weight excluding hydrogens is 256 g/mol. The number of nitrogens with zero attached hydrogens (tertiary/aromatic N) is 2. The van der Waals surface area contributed by atoms with Gasteiger partial charge in [-0.15, -0.1) is 4.33 Å². The first kappa shape index (κ1) is 13.0. The molecule has 0 aliphatic carbocycles. The molecule has 0 fully saturated rings. The van der Waals surface area contributed by atoms with Gasteiger partial charge in [-0.3, -0.25) is 4.79 Å². The molecule has 1 heterocycles. The van der Waals surface area contributed by atoms with E-state index in [1.807, 2.05) is 19.9 Å². The Morgan fingerprint density at radius 3 is 2.78 bits per heavy atom. The first-order valence-electron chi connectivity index (χ1n) is 5.24. The maximum atomic E-state index is 11.7. The molecule has 96 valence electrons. The number of anilines is 1. The quantitative estimate of drug-likeness (QED) is 0.516. The SMILES string of the molecule is CC1=NN(c2ccc(SOOO)cc2C)C(=O)C1. The van der Waals surface area contributed by atoms with Gasteiger partial charge >= 0.3 is 0 Å². The number of hydrogen-bond donors (Lipinski definition) is 1. The Hall–Kier alpha value is -1.41. The van der Waals surface area contributed by atoms with Gasteiger partial charge in [0.1, 0.15) is 0 Å². The van der Waals surface area contributed by atoms with Gasteiger partial charge in [0, 0.05) is 10.6 Å². The molecule has 7 heteroatoms. The van der Waals surface area contributed by atoms with E-state index in [1.165, 1.54) is 5.01 Å². The summed E-state index contributed by atoms with van der Waals surface area (Å²) < 4.78 is 4.34. The van der Waals surface area contributed by atoms with Gasteiger partial charge in [0.15, 0.2) is 0 Å². The molecule has 1 aromatic rings. The monoisotopic (exact) mass is 268 g/mol. The predicted molar refractivity (Wildman–Crippen MR) is 67.0 cm³/mol. The molecule has 1 aliphatic heterocycles. The lowest BCUT2D eigenvalue weighted by Gasteiger charge is -2.15. The summed E-state index contributed by atoms with van der Waals surface area (Å²) in [5, 5.41) is 17.2. The zero-order chi connectivity index (χ0) is 13.1. The van der Waals surface area contributed by atoms with Crippen LogP contribution in [-0.2, 0) is 14.2 Å². The summed E-state index contributed by atoms with van der Waals surface area (Å²) in [6.45, 7) is 3.69. The number of aryl methyl sites for hydroxylation is 1. The molecular formula is C11H12N2O4S. The van der Waals surface area contributed by atoms with Gasteiger partial charge in [-0.25, -0.2) is 10.3 Å². The molecule has 1 amide bonds. The van der Waals surface area contributed by atoms with Gasteiger partial charge in [0.05, 0.1) is 24.2 Å². The van der Waals surface area contributed by atoms with Crippen molar-refractivity contribution >= 4 is 29.3 Å². The number of amides is 1. The van der Waals surface area contributed by atoms with Crippen LogP contribution in [0.2, 0.25) is 0 Å². The maximum absolute atomic E-state index is 11.7. The fourth-order valence-corrected chi connectivity index (χ4v) is 2.17. The highest BCUT2D eigenvalue weighted by Crippen LogP contribution is 2.29. The van der Waals surface area contributed by atoms with Crippen LogP contribution < -0.4 is 5.01 Å². The second-order valence-corrected chi connectivity index (χ2v) is 4.67. The van der Waals surface area contributed by atoms with E-state index in [-0.39, 0.29) is 5.91 Å². The van der Waals surface area contributed by atoms with E-state index in [2.05, 4.69) is 14.5 Å². The molecule has 0 bridgehead atoms. The summed E-state index contributed by atoms with van der Waals surface area (Å²) in [4.78, 5) is 12.5. The van der Waals surface area contributed by atoms with Gasteiger partial charge < -0.3 is 0 Å². The Kier molecular flexibility index (Phi) is 3.97. The molecule has 0 radical (unpaired) electrons. The highest BCUT2D eigenvalue weighted by Gasteiger charge is 2.23. The second kappa shape index (κ2) is 5.49. The van der Waals surface area contributed by atoms with Crippen molar-refractivity contribution in [3.05, 3.63) is 23.8 Å². The summed E-state index contributed by atoms with van der Waals surface area (Å²) >= 11 is 0.876. The lowest BCUT2D eigenvalue weighted by atomic mass is 10.2. The summed E-state index contributed by atoms with van der Waals surface area (Å²) in [6, 6.07) is 5.34. The van der Waals surface area contributed by atoms with Crippen molar-refractivity contribution in [2.24, 2.45) is 5.10 Å². The third-order valence-electron chi connectivity index (χ3n) is 2.47. The highest BCUT2D eigenvalue weighted by atomic mass is 32.2. The number of hydrazone groups is 1. The average Bonchev–Trinajstić information content (AvgIpc) is 2.66. The van der Waals surface area contributed by atoms with Crippen molar-refractivity contribution in [1.29, 1.82) is 0 Å². The first-order chi connectivity index (χ1) is 8.61. The summed E-state index contributed by atoms with van der Waals surface area (Å²) in [6.07, 6.45) is 0.359. The topological polar surface area (TPSA) is 71.4 Å². The first-order valence-corrected chi connectivity index (χ1v) is 5.98. The normalized spacial score (nSPS) is 15.2. The molecule has 1 N–H and O–H groups in total. The minimum absolute atomic E-state index is 0.0362. The van der Waals surface area contributed by atoms with Gasteiger partial charge in [0.2, 0.25) is 0 Å². The predicted octanol–water partition coefficient (Wildman–Crippen LogP) is 2.54. The Balaban J connectivity index is 2.22. The molecule has 18 heavy (non-hydrogen) atoms. The van der Waals surface area contributed by atoms with E-state index in [4.69, 9.17) is 5.26 Å². The standard InChI is InChI=1S/C11H12N2O4S/c1-7-5-9(18-17-16-15)3-4-10(7)13-11(14)6-8(2)12-13/h3-5,15H,6H2,1-2H3. The second-order valence-electron chi connectivity index (χ2n) is 3.89. The van der Waals surface area contributed by atoms with Crippen LogP contribution in [0.5, 0.6) is 0 Å². The lowest BCUT2D eigenvalue weighted by Crippen LogP contribution is -2.20. The minimum atomic E-state index is -0.0362. The van der Waals surface area contributed by atoms with Gasteiger partial charge in [0.25, 0.3) is 5.91 Å². The Labute approximate surface area is 108 Å². The van der Waals surface area contributed by atoms with E-state index >= 15 is 0 Å².